The quantitative estimate of drug-likeness (QED) is 0.726. The maximum absolute atomic E-state index is 12.0. The van der Waals surface area contributed by atoms with Crippen LogP contribution in [0.2, 0.25) is 0 Å². The van der Waals surface area contributed by atoms with Crippen LogP contribution < -0.4 is 10.1 Å². The molecule has 0 bridgehead atoms. The summed E-state index contributed by atoms with van der Waals surface area (Å²) in [5.74, 6) is 0.693. The summed E-state index contributed by atoms with van der Waals surface area (Å²) in [7, 11) is 0. The molecule has 0 aliphatic heterocycles. The summed E-state index contributed by atoms with van der Waals surface area (Å²) in [5.41, 5.74) is 3.67. The van der Waals surface area contributed by atoms with Crippen molar-refractivity contribution >= 4 is 11.6 Å². The van der Waals surface area contributed by atoms with Crippen LogP contribution in [0.15, 0.2) is 60.7 Å². The highest BCUT2D eigenvalue weighted by Gasteiger charge is 2.05. The largest absolute Gasteiger partial charge is 0.493 e. The smallest absolute Gasteiger partial charge is 0.227 e. The van der Waals surface area contributed by atoms with Crippen LogP contribution in [-0.2, 0) is 4.79 Å². The summed E-state index contributed by atoms with van der Waals surface area (Å²) < 4.78 is 5.52. The number of anilines is 1. The van der Waals surface area contributed by atoms with Gasteiger partial charge in [-0.25, -0.2) is 0 Å². The van der Waals surface area contributed by atoms with Crippen LogP contribution in [0.4, 0.5) is 5.69 Å². The molecule has 2 aromatic carbocycles. The van der Waals surface area contributed by atoms with E-state index < -0.39 is 0 Å². The molecule has 1 amide bonds. The Hall–Kier alpha value is -3.08. The second-order valence-electron chi connectivity index (χ2n) is 5.47. The zero-order valence-electron chi connectivity index (χ0n) is 13.5. The van der Waals surface area contributed by atoms with Crippen molar-refractivity contribution in [3.05, 3.63) is 66.4 Å². The Balaban J connectivity index is 1.49. The van der Waals surface area contributed by atoms with Gasteiger partial charge in [-0.15, -0.1) is 0 Å². The molecule has 0 radical (unpaired) electrons. The van der Waals surface area contributed by atoms with Gasteiger partial charge >= 0.3 is 0 Å². The third-order valence-electron chi connectivity index (χ3n) is 3.51. The zero-order valence-corrected chi connectivity index (χ0v) is 13.5. The number of rotatable bonds is 6. The number of carbonyl (C=O) groups excluding carboxylic acids is 1. The molecule has 3 rings (SSSR count). The van der Waals surface area contributed by atoms with E-state index in [4.69, 9.17) is 4.74 Å². The number of para-hydroxylation sites is 1. The Morgan fingerprint density at radius 2 is 1.88 bits per heavy atom. The number of nitrogens with one attached hydrogen (secondary N) is 2. The SMILES string of the molecule is Cc1cc(-c2ccc(NC(=O)CCOc3ccccc3)cc2)n[nH]1. The number of aryl methyl sites for hydroxylation is 1. The molecule has 0 fully saturated rings. The molecule has 0 saturated carbocycles. The molecule has 1 heterocycles. The maximum Gasteiger partial charge on any atom is 0.227 e. The van der Waals surface area contributed by atoms with Gasteiger partial charge < -0.3 is 10.1 Å². The maximum atomic E-state index is 12.0. The minimum absolute atomic E-state index is 0.0747. The molecular weight excluding hydrogens is 302 g/mol. The molecule has 0 aliphatic rings. The average molecular weight is 321 g/mol. The van der Waals surface area contributed by atoms with Gasteiger partial charge in [-0.1, -0.05) is 30.3 Å². The van der Waals surface area contributed by atoms with Gasteiger partial charge in [-0.3, -0.25) is 9.89 Å². The predicted molar refractivity (Wildman–Crippen MR) is 93.9 cm³/mol. The Bertz CT molecular complexity index is 795. The van der Waals surface area contributed by atoms with Gasteiger partial charge in [0.2, 0.25) is 5.91 Å². The molecule has 1 aromatic heterocycles. The van der Waals surface area contributed by atoms with Crippen molar-refractivity contribution in [1.29, 1.82) is 0 Å². The highest BCUT2D eigenvalue weighted by Crippen LogP contribution is 2.20. The van der Waals surface area contributed by atoms with Crippen molar-refractivity contribution in [3.8, 4) is 17.0 Å². The molecule has 0 unspecified atom stereocenters. The van der Waals surface area contributed by atoms with Crippen LogP contribution in [0.25, 0.3) is 11.3 Å². The van der Waals surface area contributed by atoms with Crippen LogP contribution in [-0.4, -0.2) is 22.7 Å². The van der Waals surface area contributed by atoms with E-state index in [-0.39, 0.29) is 5.91 Å². The van der Waals surface area contributed by atoms with Crippen molar-refractivity contribution in [3.63, 3.8) is 0 Å². The zero-order chi connectivity index (χ0) is 16.8. The monoisotopic (exact) mass is 321 g/mol. The van der Waals surface area contributed by atoms with Crippen LogP contribution in [0, 0.1) is 6.92 Å². The highest BCUT2D eigenvalue weighted by atomic mass is 16.5. The van der Waals surface area contributed by atoms with Gasteiger partial charge in [0.15, 0.2) is 0 Å². The lowest BCUT2D eigenvalue weighted by molar-refractivity contribution is -0.116. The molecule has 5 heteroatoms. The minimum atomic E-state index is -0.0747. The topological polar surface area (TPSA) is 67.0 Å². The van der Waals surface area contributed by atoms with E-state index in [1.807, 2.05) is 67.6 Å². The van der Waals surface area contributed by atoms with Crippen molar-refractivity contribution in [2.24, 2.45) is 0 Å². The molecule has 0 saturated heterocycles. The molecule has 5 nitrogen and oxygen atoms in total. The first-order valence-corrected chi connectivity index (χ1v) is 7.81. The fourth-order valence-corrected chi connectivity index (χ4v) is 2.29. The third kappa shape index (κ3) is 4.23. The first-order chi connectivity index (χ1) is 11.7. The van der Waals surface area contributed by atoms with E-state index in [9.17, 15) is 4.79 Å². The number of nitrogens with zero attached hydrogens (tertiary/aromatic N) is 1. The van der Waals surface area contributed by atoms with Crippen LogP contribution in [0.5, 0.6) is 5.75 Å². The number of aromatic nitrogens is 2. The number of carbonyl (C=O) groups is 1. The van der Waals surface area contributed by atoms with Gasteiger partial charge in [0.05, 0.1) is 18.7 Å². The lowest BCUT2D eigenvalue weighted by Gasteiger charge is -2.07. The fourth-order valence-electron chi connectivity index (χ4n) is 2.29. The lowest BCUT2D eigenvalue weighted by Crippen LogP contribution is -2.15. The molecule has 122 valence electrons. The molecule has 0 spiro atoms. The number of aromatic amines is 1. The number of benzene rings is 2. The number of hydrogen-bond donors (Lipinski definition) is 2. The van der Waals surface area contributed by atoms with Gasteiger partial charge in [0.1, 0.15) is 5.75 Å². The summed E-state index contributed by atoms with van der Waals surface area (Å²) in [5, 5.41) is 10.00. The van der Waals surface area contributed by atoms with Crippen molar-refractivity contribution in [1.82, 2.24) is 10.2 Å². The number of ether oxygens (including phenoxy) is 1. The van der Waals surface area contributed by atoms with Crippen LogP contribution >= 0.6 is 0 Å². The molecule has 2 N–H and O–H groups in total. The molecule has 0 aliphatic carbocycles. The van der Waals surface area contributed by atoms with Crippen molar-refractivity contribution in [2.75, 3.05) is 11.9 Å². The number of H-pyrrole nitrogens is 1. The first-order valence-electron chi connectivity index (χ1n) is 7.81. The molecule has 24 heavy (non-hydrogen) atoms. The van der Waals surface area contributed by atoms with E-state index in [0.717, 1.165) is 28.4 Å². The second kappa shape index (κ2) is 7.46. The lowest BCUT2D eigenvalue weighted by atomic mass is 10.1. The molecule has 3 aromatic rings. The van der Waals surface area contributed by atoms with Gasteiger partial charge in [-0.05, 0) is 37.3 Å². The normalized spacial score (nSPS) is 10.4. The number of hydrogen-bond acceptors (Lipinski definition) is 3. The molecule has 0 atom stereocenters. The Morgan fingerprint density at radius 1 is 1.12 bits per heavy atom. The molecular formula is C19H19N3O2. The standard InChI is InChI=1S/C19H19N3O2/c1-14-13-18(22-21-14)15-7-9-16(10-8-15)20-19(23)11-12-24-17-5-3-2-4-6-17/h2-10,13H,11-12H2,1H3,(H,20,23)(H,21,22). The Labute approximate surface area is 140 Å². The summed E-state index contributed by atoms with van der Waals surface area (Å²) in [4.78, 5) is 12.0. The summed E-state index contributed by atoms with van der Waals surface area (Å²) >= 11 is 0. The van der Waals surface area contributed by atoms with Gasteiger partial charge in [0, 0.05) is 16.9 Å². The van der Waals surface area contributed by atoms with Gasteiger partial charge in [0.25, 0.3) is 0 Å². The van der Waals surface area contributed by atoms with Gasteiger partial charge in [-0.2, -0.15) is 5.10 Å². The average Bonchev–Trinajstić information content (AvgIpc) is 3.03. The first kappa shape index (κ1) is 15.8. The Kier molecular flexibility index (Phi) is 4.91. The number of amides is 1. The van der Waals surface area contributed by atoms with E-state index >= 15 is 0 Å². The van der Waals surface area contributed by atoms with Crippen molar-refractivity contribution in [2.45, 2.75) is 13.3 Å². The van der Waals surface area contributed by atoms with Crippen LogP contribution in [0.3, 0.4) is 0 Å². The third-order valence-corrected chi connectivity index (χ3v) is 3.51. The summed E-state index contributed by atoms with van der Waals surface area (Å²) in [6.07, 6.45) is 0.301. The Morgan fingerprint density at radius 3 is 2.54 bits per heavy atom. The van der Waals surface area contributed by atoms with E-state index in [2.05, 4.69) is 15.5 Å². The second-order valence-corrected chi connectivity index (χ2v) is 5.47. The van der Waals surface area contributed by atoms with E-state index in [1.54, 1.807) is 0 Å². The van der Waals surface area contributed by atoms with E-state index in [0.29, 0.717) is 13.0 Å². The summed E-state index contributed by atoms with van der Waals surface area (Å²) in [6.45, 7) is 2.31. The minimum Gasteiger partial charge on any atom is -0.493 e. The predicted octanol–water partition coefficient (Wildman–Crippen LogP) is 3.79. The highest BCUT2D eigenvalue weighted by molar-refractivity contribution is 5.91. The van der Waals surface area contributed by atoms with Crippen molar-refractivity contribution < 1.29 is 9.53 Å². The fraction of sp³-hybridized carbons (Fsp3) is 0.158. The van der Waals surface area contributed by atoms with E-state index in [1.165, 1.54) is 0 Å². The van der Waals surface area contributed by atoms with Crippen LogP contribution in [0.1, 0.15) is 12.1 Å². The summed E-state index contributed by atoms with van der Waals surface area (Å²) in [6, 6.07) is 19.1.